The van der Waals surface area contributed by atoms with E-state index in [4.69, 9.17) is 48.4 Å². The summed E-state index contributed by atoms with van der Waals surface area (Å²) in [6.45, 7) is 3.11. The maximum atomic E-state index is 14.5. The molecule has 3 aliphatic rings. The van der Waals surface area contributed by atoms with Gasteiger partial charge in [0.25, 0.3) is 11.8 Å². The summed E-state index contributed by atoms with van der Waals surface area (Å²) >= 11 is 12.0. The summed E-state index contributed by atoms with van der Waals surface area (Å²) in [6.07, 6.45) is 7.27. The molecule has 2 aliphatic carbocycles. The average molecular weight is 934 g/mol. The number of hydrogen-bond acceptors (Lipinski definition) is 13. The number of ketones is 3. The highest BCUT2D eigenvalue weighted by Gasteiger charge is 2.41. The molecular weight excluding hydrogens is 885 g/mol. The molecule has 0 spiro atoms. The fourth-order valence-corrected chi connectivity index (χ4v) is 8.20. The molecule has 0 saturated heterocycles. The standard InChI is InChI=1S/C21H23ClFNO5.C14H13ClO5S.C5H12NO4P/c1-2-3-6-9-28-19(25)12-29-18-11-17(16(23)10-15(18)22)24-20(26)13-7-4-5-8-14(13)21(24)27;1-21(19,20)8-5-6-9(10(15)7-8)14(18)13-11(16)3-2-4-12(13)17;1-11(9,10)3-2-4(6)5(7)8/h10-11H,2-9,12H2,1H3;5-7,13H,2-4H2,1H3;4H,2-3,6H2,1H3,(H,7,8)(H,9,10). The molecule has 2 aromatic carbocycles. The molecule has 2 amide bonds. The number of nitrogens with zero attached hydrogens (tertiary/aromatic N) is 1. The van der Waals surface area contributed by atoms with Gasteiger partial charge in [-0.2, -0.15) is 0 Å². The van der Waals surface area contributed by atoms with Crippen LogP contribution in [0.5, 0.6) is 5.75 Å². The first-order valence-electron chi connectivity index (χ1n) is 19.2. The number of nitrogens with two attached hydrogens (primary N) is 1. The molecule has 2 unspecified atom stereocenters. The van der Waals surface area contributed by atoms with Gasteiger partial charge in [0.15, 0.2) is 41.2 Å². The van der Waals surface area contributed by atoms with E-state index < -0.39 is 82.7 Å². The molecule has 1 saturated carbocycles. The van der Waals surface area contributed by atoms with Gasteiger partial charge in [-0.15, -0.1) is 0 Å². The van der Waals surface area contributed by atoms with Gasteiger partial charge in [-0.25, -0.2) is 22.5 Å². The summed E-state index contributed by atoms with van der Waals surface area (Å²) in [5.41, 5.74) is 5.76. The van der Waals surface area contributed by atoms with Crippen LogP contribution in [0.25, 0.3) is 0 Å². The second kappa shape index (κ2) is 22.7. The predicted octanol–water partition coefficient (Wildman–Crippen LogP) is 5.89. The number of esters is 1. The van der Waals surface area contributed by atoms with Gasteiger partial charge in [0.2, 0.25) is 0 Å². The Labute approximate surface area is 362 Å². The minimum atomic E-state index is -3.44. The van der Waals surface area contributed by atoms with E-state index >= 15 is 0 Å². The summed E-state index contributed by atoms with van der Waals surface area (Å²) in [4.78, 5) is 92.7. The number of imide groups is 1. The first-order valence-corrected chi connectivity index (χ1v) is 24.2. The van der Waals surface area contributed by atoms with Crippen LogP contribution in [0.3, 0.4) is 0 Å². The van der Waals surface area contributed by atoms with Gasteiger partial charge in [0.05, 0.1) is 27.2 Å². The fourth-order valence-electron chi connectivity index (χ4n) is 6.26. The van der Waals surface area contributed by atoms with E-state index in [1.54, 1.807) is 0 Å². The number of unbranched alkanes of at least 4 members (excludes halogenated alkanes) is 2. The minimum Gasteiger partial charge on any atom is -0.480 e. The van der Waals surface area contributed by atoms with Gasteiger partial charge < -0.3 is 25.2 Å². The molecule has 334 valence electrons. The molecule has 16 nitrogen and oxygen atoms in total. The lowest BCUT2D eigenvalue weighted by atomic mass is 9.82. The van der Waals surface area contributed by atoms with Crippen LogP contribution in [0.1, 0.15) is 87.9 Å². The minimum absolute atomic E-state index is 0.000883. The lowest BCUT2D eigenvalue weighted by Gasteiger charge is -2.18. The molecule has 0 aromatic heterocycles. The quantitative estimate of drug-likeness (QED) is 0.0470. The van der Waals surface area contributed by atoms with Crippen LogP contribution in [0, 0.1) is 11.7 Å². The summed E-state index contributed by atoms with van der Waals surface area (Å²) in [5.74, 6) is -6.31. The van der Waals surface area contributed by atoms with Crippen molar-refractivity contribution in [3.8, 4) is 5.75 Å². The summed E-state index contributed by atoms with van der Waals surface area (Å²) in [7, 11) is -6.55. The van der Waals surface area contributed by atoms with Crippen molar-refractivity contribution in [2.45, 2.75) is 88.5 Å². The van der Waals surface area contributed by atoms with E-state index in [1.165, 1.54) is 24.9 Å². The average Bonchev–Trinajstić information content (AvgIpc) is 3.43. The van der Waals surface area contributed by atoms with Crippen molar-refractivity contribution in [1.29, 1.82) is 0 Å². The number of amides is 2. The van der Waals surface area contributed by atoms with Crippen LogP contribution in [0.15, 0.2) is 46.4 Å². The summed E-state index contributed by atoms with van der Waals surface area (Å²) in [6, 6.07) is 4.76. The molecule has 2 aromatic rings. The number of carbonyl (C=O) groups is 7. The van der Waals surface area contributed by atoms with E-state index in [9.17, 15) is 50.9 Å². The number of aliphatic carboxylic acids is 1. The molecule has 4 N–H and O–H groups in total. The Morgan fingerprint density at radius 2 is 1.54 bits per heavy atom. The predicted molar refractivity (Wildman–Crippen MR) is 222 cm³/mol. The lowest BCUT2D eigenvalue weighted by Crippen LogP contribution is -2.35. The Morgan fingerprint density at radius 1 is 0.951 bits per heavy atom. The van der Waals surface area contributed by atoms with Crippen molar-refractivity contribution in [2.24, 2.45) is 11.7 Å². The van der Waals surface area contributed by atoms with Crippen LogP contribution < -0.4 is 15.4 Å². The van der Waals surface area contributed by atoms with E-state index in [-0.39, 0.29) is 57.4 Å². The van der Waals surface area contributed by atoms with Crippen LogP contribution in [0.2, 0.25) is 10.0 Å². The number of carboxylic acids is 1. The highest BCUT2D eigenvalue weighted by atomic mass is 35.5. The number of rotatable bonds is 15. The van der Waals surface area contributed by atoms with Gasteiger partial charge in [-0.3, -0.25) is 33.3 Å². The second-order valence-corrected chi connectivity index (χ2v) is 19.9. The SMILES string of the molecule is CCCCCOC(=O)COc1cc(N2C(=O)C3=C(CCCC3)C2=O)c(F)cc1Cl.CP(=O)(O)CCC(N)C(=O)O.CS(=O)(=O)c1ccc(C(=O)C2C(=O)CCCC2=O)c(Cl)c1. The Kier molecular flexibility index (Phi) is 19.0. The first kappa shape index (κ1) is 51.0. The zero-order valence-electron chi connectivity index (χ0n) is 33.7. The van der Waals surface area contributed by atoms with Crippen LogP contribution >= 0.6 is 30.6 Å². The third kappa shape index (κ3) is 14.6. The lowest BCUT2D eigenvalue weighted by molar-refractivity contribution is -0.146. The number of Topliss-reactive ketones (excluding diaryl/α,β-unsaturated/α-hetero) is 3. The molecule has 1 heterocycles. The number of carboxylic acid groups (broad SMARTS) is 1. The maximum Gasteiger partial charge on any atom is 0.344 e. The highest BCUT2D eigenvalue weighted by molar-refractivity contribution is 7.90. The van der Waals surface area contributed by atoms with E-state index in [1.807, 2.05) is 6.92 Å². The fraction of sp³-hybridized carbons (Fsp3) is 0.475. The largest absolute Gasteiger partial charge is 0.480 e. The molecule has 1 fully saturated rings. The molecule has 0 bridgehead atoms. The number of halogens is 3. The number of ether oxygens (including phenoxy) is 2. The van der Waals surface area contributed by atoms with Gasteiger partial charge >= 0.3 is 11.9 Å². The number of benzene rings is 2. The first-order chi connectivity index (χ1) is 28.5. The molecule has 2 atom stereocenters. The Bertz CT molecular complexity index is 2200. The maximum absolute atomic E-state index is 14.5. The monoisotopic (exact) mass is 932 g/mol. The number of anilines is 1. The van der Waals surface area contributed by atoms with E-state index in [2.05, 4.69) is 0 Å². The van der Waals surface area contributed by atoms with Crippen molar-refractivity contribution in [1.82, 2.24) is 0 Å². The molecule has 61 heavy (non-hydrogen) atoms. The van der Waals surface area contributed by atoms with Crippen molar-refractivity contribution in [3.05, 3.63) is 62.9 Å². The zero-order chi connectivity index (χ0) is 45.8. The molecule has 5 rings (SSSR count). The molecule has 21 heteroatoms. The highest BCUT2D eigenvalue weighted by Crippen LogP contribution is 2.40. The van der Waals surface area contributed by atoms with Crippen molar-refractivity contribution < 1.29 is 70.4 Å². The van der Waals surface area contributed by atoms with Crippen molar-refractivity contribution in [3.63, 3.8) is 0 Å². The normalized spacial score (nSPS) is 17.0. The number of carbonyl (C=O) groups excluding carboxylic acids is 6. The van der Waals surface area contributed by atoms with Gasteiger partial charge in [0, 0.05) is 54.7 Å². The van der Waals surface area contributed by atoms with Crippen molar-refractivity contribution in [2.75, 3.05) is 37.2 Å². The molecule has 0 radical (unpaired) electrons. The topological polar surface area (TPSA) is 259 Å². The van der Waals surface area contributed by atoms with E-state index in [0.717, 1.165) is 55.4 Å². The summed E-state index contributed by atoms with van der Waals surface area (Å²) < 4.78 is 58.5. The van der Waals surface area contributed by atoms with Crippen LogP contribution in [0.4, 0.5) is 10.1 Å². The van der Waals surface area contributed by atoms with E-state index in [0.29, 0.717) is 37.0 Å². The Hall–Kier alpha value is -4.32. The Morgan fingerprint density at radius 3 is 2.05 bits per heavy atom. The van der Waals surface area contributed by atoms with Crippen molar-refractivity contribution >= 4 is 87.2 Å². The van der Waals surface area contributed by atoms with Gasteiger partial charge in [-0.05, 0) is 69.2 Å². The number of sulfone groups is 1. The molecule has 1 aliphatic heterocycles. The van der Waals surface area contributed by atoms with Crippen LogP contribution in [-0.4, -0.2) is 97.9 Å². The third-order valence-corrected chi connectivity index (χ3v) is 12.4. The van der Waals surface area contributed by atoms with Gasteiger partial charge in [-0.1, -0.05) is 43.0 Å². The second-order valence-electron chi connectivity index (χ2n) is 14.6. The van der Waals surface area contributed by atoms with Gasteiger partial charge in [0.1, 0.15) is 23.5 Å². The Balaban J connectivity index is 0.000000271. The zero-order valence-corrected chi connectivity index (χ0v) is 37.0. The smallest absolute Gasteiger partial charge is 0.344 e. The summed E-state index contributed by atoms with van der Waals surface area (Å²) in [5, 5.41) is 8.14. The van der Waals surface area contributed by atoms with Crippen LogP contribution in [-0.2, 0) is 47.9 Å². The number of hydrogen-bond donors (Lipinski definition) is 3. The third-order valence-electron chi connectivity index (χ3n) is 9.55. The molecular formula is C40H48Cl2FN2O14PS.